The summed E-state index contributed by atoms with van der Waals surface area (Å²) in [5.74, 6) is 1.51. The second-order valence-electron chi connectivity index (χ2n) is 6.57. The van der Waals surface area contributed by atoms with E-state index in [0.717, 1.165) is 31.1 Å². The smallest absolute Gasteiger partial charge is 0.318 e. The summed E-state index contributed by atoms with van der Waals surface area (Å²) in [6.45, 7) is 7.50. The number of benzene rings is 1. The highest BCUT2D eigenvalue weighted by Crippen LogP contribution is 2.35. The molecular formula is C17H25N5O2. The second-order valence-corrected chi connectivity index (χ2v) is 6.57. The summed E-state index contributed by atoms with van der Waals surface area (Å²) >= 11 is 0. The molecule has 0 amide bonds. The van der Waals surface area contributed by atoms with Crippen molar-refractivity contribution in [3.63, 3.8) is 0 Å². The first-order valence-electron chi connectivity index (χ1n) is 8.18. The average Bonchev–Trinajstić information content (AvgIpc) is 3.03. The van der Waals surface area contributed by atoms with E-state index in [2.05, 4.69) is 45.2 Å². The van der Waals surface area contributed by atoms with Crippen LogP contribution < -0.4 is 19.9 Å². The van der Waals surface area contributed by atoms with E-state index in [0.29, 0.717) is 18.5 Å². The lowest BCUT2D eigenvalue weighted by atomic mass is 9.97. The lowest BCUT2D eigenvalue weighted by Crippen LogP contribution is -2.60. The molecule has 0 spiro atoms. The molecule has 7 nitrogen and oxygen atoms in total. The topological polar surface area (TPSA) is 66.7 Å². The van der Waals surface area contributed by atoms with Gasteiger partial charge in [-0.15, -0.1) is 5.10 Å². The maximum Gasteiger partial charge on any atom is 0.318 e. The highest BCUT2D eigenvalue weighted by Gasteiger charge is 2.36. The number of methoxy groups -OCH3 is 1. The van der Waals surface area contributed by atoms with Crippen LogP contribution in [0.1, 0.15) is 19.7 Å². The number of anilines is 2. The molecule has 0 saturated carbocycles. The van der Waals surface area contributed by atoms with Gasteiger partial charge in [0, 0.05) is 19.6 Å². The molecule has 2 aromatic rings. The van der Waals surface area contributed by atoms with Gasteiger partial charge in [-0.1, -0.05) is 17.2 Å². The van der Waals surface area contributed by atoms with E-state index in [4.69, 9.17) is 9.15 Å². The minimum atomic E-state index is -0.0927. The number of hydrogen-bond donors (Lipinski definition) is 1. The number of hydrogen-bond acceptors (Lipinski definition) is 7. The molecule has 0 aliphatic carbocycles. The van der Waals surface area contributed by atoms with Gasteiger partial charge in [-0.05, 0) is 33.0 Å². The Morgan fingerprint density at radius 1 is 1.25 bits per heavy atom. The van der Waals surface area contributed by atoms with Crippen LogP contribution in [0.15, 0.2) is 28.7 Å². The van der Waals surface area contributed by atoms with Gasteiger partial charge in [-0.2, -0.15) is 0 Å². The van der Waals surface area contributed by atoms with Crippen molar-refractivity contribution in [2.75, 3.05) is 43.6 Å². The molecule has 0 radical (unpaired) electrons. The lowest BCUT2D eigenvalue weighted by molar-refractivity contribution is 0.374. The van der Waals surface area contributed by atoms with Crippen molar-refractivity contribution in [2.45, 2.75) is 25.9 Å². The number of piperazine rings is 1. The number of nitrogens with one attached hydrogen (secondary N) is 1. The largest absolute Gasteiger partial charge is 0.495 e. The highest BCUT2D eigenvalue weighted by molar-refractivity contribution is 5.61. The Balaban J connectivity index is 1.79. The van der Waals surface area contributed by atoms with Gasteiger partial charge in [0.15, 0.2) is 0 Å². The molecule has 1 aliphatic rings. The Hall–Kier alpha value is -2.28. The molecule has 0 bridgehead atoms. The van der Waals surface area contributed by atoms with Crippen LogP contribution in [0.3, 0.4) is 0 Å². The van der Waals surface area contributed by atoms with E-state index >= 15 is 0 Å². The number of para-hydroxylation sites is 2. The van der Waals surface area contributed by atoms with Crippen molar-refractivity contribution >= 4 is 11.7 Å². The minimum Gasteiger partial charge on any atom is -0.495 e. The normalized spacial score (nSPS) is 17.2. The predicted molar refractivity (Wildman–Crippen MR) is 93.7 cm³/mol. The van der Waals surface area contributed by atoms with E-state index in [1.165, 1.54) is 0 Å². The minimum absolute atomic E-state index is 0.0927. The third-order valence-electron chi connectivity index (χ3n) is 4.33. The Labute approximate surface area is 142 Å². The average molecular weight is 331 g/mol. The first kappa shape index (κ1) is 16.6. The summed E-state index contributed by atoms with van der Waals surface area (Å²) in [6.07, 6.45) is 0. The van der Waals surface area contributed by atoms with Crippen molar-refractivity contribution in [1.29, 1.82) is 0 Å². The Kier molecular flexibility index (Phi) is 4.62. The van der Waals surface area contributed by atoms with Crippen LogP contribution in [-0.4, -0.2) is 49.5 Å². The van der Waals surface area contributed by atoms with Crippen molar-refractivity contribution in [2.24, 2.45) is 0 Å². The molecule has 1 fully saturated rings. The van der Waals surface area contributed by atoms with E-state index in [9.17, 15) is 0 Å². The lowest BCUT2D eigenvalue weighted by Gasteiger charge is -2.48. The van der Waals surface area contributed by atoms with Gasteiger partial charge >= 0.3 is 6.01 Å². The standard InChI is InChI=1S/C17H25N5O2/c1-17(2)12-21(16-20-19-15(24-16)11-18-3)9-10-22(17)13-7-5-6-8-14(13)23-4/h5-8,18H,9-12H2,1-4H3. The van der Waals surface area contributed by atoms with Crippen LogP contribution in [-0.2, 0) is 6.54 Å². The van der Waals surface area contributed by atoms with Gasteiger partial charge in [0.1, 0.15) is 5.75 Å². The molecule has 2 heterocycles. The molecule has 1 saturated heterocycles. The summed E-state index contributed by atoms with van der Waals surface area (Å²) < 4.78 is 11.3. The molecule has 130 valence electrons. The number of rotatable bonds is 5. The molecule has 0 atom stereocenters. The zero-order valence-corrected chi connectivity index (χ0v) is 14.7. The molecule has 1 N–H and O–H groups in total. The van der Waals surface area contributed by atoms with E-state index in [-0.39, 0.29) is 5.54 Å². The maximum atomic E-state index is 5.74. The maximum absolute atomic E-state index is 5.74. The van der Waals surface area contributed by atoms with Gasteiger partial charge in [-0.3, -0.25) is 0 Å². The zero-order chi connectivity index (χ0) is 17.2. The Morgan fingerprint density at radius 2 is 2.04 bits per heavy atom. The molecule has 1 aromatic heterocycles. The van der Waals surface area contributed by atoms with Crippen LogP contribution in [0.2, 0.25) is 0 Å². The van der Waals surface area contributed by atoms with Gasteiger partial charge < -0.3 is 24.3 Å². The third-order valence-corrected chi connectivity index (χ3v) is 4.33. The highest BCUT2D eigenvalue weighted by atomic mass is 16.5. The quantitative estimate of drug-likeness (QED) is 0.897. The molecule has 1 aromatic carbocycles. The van der Waals surface area contributed by atoms with Gasteiger partial charge in [-0.25, -0.2) is 0 Å². The number of aromatic nitrogens is 2. The first-order chi connectivity index (χ1) is 11.5. The van der Waals surface area contributed by atoms with Crippen LogP contribution in [0, 0.1) is 0 Å². The van der Waals surface area contributed by atoms with Crippen LogP contribution in [0.5, 0.6) is 5.75 Å². The first-order valence-corrected chi connectivity index (χ1v) is 8.18. The van der Waals surface area contributed by atoms with Crippen LogP contribution in [0.25, 0.3) is 0 Å². The molecule has 24 heavy (non-hydrogen) atoms. The van der Waals surface area contributed by atoms with Crippen molar-refractivity contribution < 1.29 is 9.15 Å². The van der Waals surface area contributed by atoms with Gasteiger partial charge in [0.2, 0.25) is 5.89 Å². The van der Waals surface area contributed by atoms with E-state index in [1.807, 2.05) is 25.2 Å². The predicted octanol–water partition coefficient (Wildman–Crippen LogP) is 1.90. The molecule has 1 aliphatic heterocycles. The van der Waals surface area contributed by atoms with Crippen molar-refractivity contribution in [3.8, 4) is 5.75 Å². The van der Waals surface area contributed by atoms with Crippen LogP contribution in [0.4, 0.5) is 11.7 Å². The third kappa shape index (κ3) is 3.17. The van der Waals surface area contributed by atoms with Gasteiger partial charge in [0.25, 0.3) is 0 Å². The van der Waals surface area contributed by atoms with E-state index in [1.54, 1.807) is 7.11 Å². The summed E-state index contributed by atoms with van der Waals surface area (Å²) in [4.78, 5) is 4.53. The van der Waals surface area contributed by atoms with Crippen molar-refractivity contribution in [3.05, 3.63) is 30.2 Å². The monoisotopic (exact) mass is 331 g/mol. The van der Waals surface area contributed by atoms with Crippen molar-refractivity contribution in [1.82, 2.24) is 15.5 Å². The summed E-state index contributed by atoms with van der Waals surface area (Å²) in [5.41, 5.74) is 1.02. The SMILES string of the molecule is CNCc1nnc(N2CCN(c3ccccc3OC)C(C)(C)C2)o1. The Bertz CT molecular complexity index is 685. The number of nitrogens with zero attached hydrogens (tertiary/aromatic N) is 4. The summed E-state index contributed by atoms with van der Waals surface area (Å²) in [6, 6.07) is 8.73. The fourth-order valence-corrected chi connectivity index (χ4v) is 3.21. The molecular weight excluding hydrogens is 306 g/mol. The summed E-state index contributed by atoms with van der Waals surface area (Å²) in [5, 5.41) is 11.3. The van der Waals surface area contributed by atoms with E-state index < -0.39 is 0 Å². The second kappa shape index (κ2) is 6.68. The van der Waals surface area contributed by atoms with Crippen LogP contribution >= 0.6 is 0 Å². The molecule has 7 heteroatoms. The Morgan fingerprint density at radius 3 is 2.75 bits per heavy atom. The molecule has 3 rings (SSSR count). The molecule has 0 unspecified atom stereocenters. The fraction of sp³-hybridized carbons (Fsp3) is 0.529. The summed E-state index contributed by atoms with van der Waals surface area (Å²) in [7, 11) is 3.57. The number of ether oxygens (including phenoxy) is 1. The zero-order valence-electron chi connectivity index (χ0n) is 14.7. The van der Waals surface area contributed by atoms with Gasteiger partial charge in [0.05, 0.1) is 24.9 Å². The fourth-order valence-electron chi connectivity index (χ4n) is 3.21.